The molecule has 0 amide bonds. The molecule has 0 aromatic carbocycles. The molecule has 18 heavy (non-hydrogen) atoms. The van der Waals surface area contributed by atoms with Gasteiger partial charge < -0.3 is 15.7 Å². The molecule has 2 rings (SSSR count). The summed E-state index contributed by atoms with van der Waals surface area (Å²) in [6.45, 7) is 0.841. The first kappa shape index (κ1) is 12.3. The van der Waals surface area contributed by atoms with Gasteiger partial charge in [-0.05, 0) is 18.6 Å². The minimum absolute atomic E-state index is 0.164. The molecule has 6 nitrogen and oxygen atoms in total. The Labute approximate surface area is 105 Å². The number of nitrogens with one attached hydrogen (secondary N) is 2. The zero-order valence-corrected chi connectivity index (χ0v) is 9.87. The van der Waals surface area contributed by atoms with Crippen LogP contribution in [-0.4, -0.2) is 33.2 Å². The Morgan fingerprint density at radius 3 is 2.72 bits per heavy atom. The fraction of sp³-hybridized carbons (Fsp3) is 0.250. The highest BCUT2D eigenvalue weighted by molar-refractivity contribution is 5.55. The van der Waals surface area contributed by atoms with E-state index in [0.29, 0.717) is 18.8 Å². The van der Waals surface area contributed by atoms with Gasteiger partial charge in [0.1, 0.15) is 23.8 Å². The van der Waals surface area contributed by atoms with Crippen LogP contribution < -0.4 is 10.6 Å². The van der Waals surface area contributed by atoms with E-state index in [4.69, 9.17) is 5.11 Å². The lowest BCUT2D eigenvalue weighted by molar-refractivity contribution is 0.292. The Morgan fingerprint density at radius 2 is 1.94 bits per heavy atom. The van der Waals surface area contributed by atoms with Crippen molar-refractivity contribution in [2.24, 2.45) is 0 Å². The second kappa shape index (κ2) is 6.51. The third-order valence-electron chi connectivity index (χ3n) is 2.23. The fourth-order valence-corrected chi connectivity index (χ4v) is 1.39. The molecule has 2 aromatic heterocycles. The smallest absolute Gasteiger partial charge is 0.137 e. The van der Waals surface area contributed by atoms with Crippen molar-refractivity contribution in [1.82, 2.24) is 15.0 Å². The lowest BCUT2D eigenvalue weighted by atomic mass is 10.4. The number of anilines is 3. The molecule has 0 aliphatic heterocycles. The summed E-state index contributed by atoms with van der Waals surface area (Å²) < 4.78 is 0. The minimum atomic E-state index is 0.164. The van der Waals surface area contributed by atoms with Crippen LogP contribution in [0.1, 0.15) is 6.42 Å². The average molecular weight is 245 g/mol. The summed E-state index contributed by atoms with van der Waals surface area (Å²) in [5, 5.41) is 14.9. The van der Waals surface area contributed by atoms with E-state index in [9.17, 15) is 0 Å². The highest BCUT2D eigenvalue weighted by atomic mass is 16.3. The lowest BCUT2D eigenvalue weighted by Crippen LogP contribution is -2.06. The number of aliphatic hydroxyl groups is 1. The molecule has 0 saturated carbocycles. The summed E-state index contributed by atoms with van der Waals surface area (Å²) in [4.78, 5) is 12.4. The van der Waals surface area contributed by atoms with Gasteiger partial charge >= 0.3 is 0 Å². The summed E-state index contributed by atoms with van der Waals surface area (Å²) in [6, 6.07) is 7.41. The Kier molecular flexibility index (Phi) is 4.43. The van der Waals surface area contributed by atoms with Gasteiger partial charge in [0.05, 0.1) is 0 Å². The van der Waals surface area contributed by atoms with Gasteiger partial charge in [0.25, 0.3) is 0 Å². The first-order valence-corrected chi connectivity index (χ1v) is 5.73. The molecular formula is C12H15N5O. The minimum Gasteiger partial charge on any atom is -0.396 e. The summed E-state index contributed by atoms with van der Waals surface area (Å²) >= 11 is 0. The summed E-state index contributed by atoms with van der Waals surface area (Å²) in [6.07, 6.45) is 3.88. The normalized spacial score (nSPS) is 10.1. The first-order valence-electron chi connectivity index (χ1n) is 5.73. The van der Waals surface area contributed by atoms with Gasteiger partial charge in [-0.15, -0.1) is 0 Å². The van der Waals surface area contributed by atoms with Gasteiger partial charge in [-0.1, -0.05) is 6.07 Å². The molecule has 94 valence electrons. The van der Waals surface area contributed by atoms with E-state index in [1.807, 2.05) is 18.2 Å². The van der Waals surface area contributed by atoms with Crippen molar-refractivity contribution in [3.05, 3.63) is 36.8 Å². The second-order valence-electron chi connectivity index (χ2n) is 3.63. The monoisotopic (exact) mass is 245 g/mol. The predicted molar refractivity (Wildman–Crippen MR) is 69.7 cm³/mol. The van der Waals surface area contributed by atoms with E-state index in [1.54, 1.807) is 12.3 Å². The maximum atomic E-state index is 8.70. The quantitative estimate of drug-likeness (QED) is 0.667. The molecule has 2 aromatic rings. The number of hydrogen-bond acceptors (Lipinski definition) is 6. The van der Waals surface area contributed by atoms with Crippen LogP contribution in [0.2, 0.25) is 0 Å². The number of rotatable bonds is 6. The number of aromatic nitrogens is 3. The van der Waals surface area contributed by atoms with E-state index in [-0.39, 0.29) is 6.61 Å². The molecule has 3 N–H and O–H groups in total. The molecule has 2 heterocycles. The van der Waals surface area contributed by atoms with Crippen LogP contribution >= 0.6 is 0 Å². The van der Waals surface area contributed by atoms with Gasteiger partial charge in [0, 0.05) is 25.4 Å². The predicted octanol–water partition coefficient (Wildman–Crippen LogP) is 1.41. The van der Waals surface area contributed by atoms with E-state index in [0.717, 1.165) is 11.6 Å². The Morgan fingerprint density at radius 1 is 1.06 bits per heavy atom. The fourth-order valence-electron chi connectivity index (χ4n) is 1.39. The number of nitrogens with zero attached hydrogens (tertiary/aromatic N) is 3. The van der Waals surface area contributed by atoms with E-state index in [1.165, 1.54) is 6.33 Å². The van der Waals surface area contributed by atoms with Gasteiger partial charge in [-0.2, -0.15) is 0 Å². The third kappa shape index (κ3) is 3.67. The maximum absolute atomic E-state index is 8.70. The molecule has 0 fully saturated rings. The lowest BCUT2D eigenvalue weighted by Gasteiger charge is -2.07. The molecule has 0 radical (unpaired) electrons. The summed E-state index contributed by atoms with van der Waals surface area (Å²) in [5.74, 6) is 2.13. The molecule has 0 bridgehead atoms. The molecule has 0 aliphatic carbocycles. The molecule has 0 spiro atoms. The van der Waals surface area contributed by atoms with Crippen molar-refractivity contribution < 1.29 is 5.11 Å². The van der Waals surface area contributed by atoms with Crippen LogP contribution in [-0.2, 0) is 0 Å². The molecule has 0 atom stereocenters. The van der Waals surface area contributed by atoms with Crippen LogP contribution in [0.5, 0.6) is 0 Å². The molecule has 0 aliphatic rings. The highest BCUT2D eigenvalue weighted by Crippen LogP contribution is 2.13. The van der Waals surface area contributed by atoms with Crippen molar-refractivity contribution in [2.75, 3.05) is 23.8 Å². The third-order valence-corrected chi connectivity index (χ3v) is 2.23. The van der Waals surface area contributed by atoms with Gasteiger partial charge in [0.15, 0.2) is 0 Å². The van der Waals surface area contributed by atoms with E-state index >= 15 is 0 Å². The Bertz CT molecular complexity index is 477. The summed E-state index contributed by atoms with van der Waals surface area (Å²) in [5.41, 5.74) is 0. The van der Waals surface area contributed by atoms with Crippen molar-refractivity contribution in [1.29, 1.82) is 0 Å². The Balaban J connectivity index is 1.99. The molecule has 0 saturated heterocycles. The van der Waals surface area contributed by atoms with Crippen LogP contribution in [0.25, 0.3) is 0 Å². The van der Waals surface area contributed by atoms with Crippen molar-refractivity contribution >= 4 is 17.5 Å². The van der Waals surface area contributed by atoms with E-state index < -0.39 is 0 Å². The topological polar surface area (TPSA) is 83.0 Å². The zero-order chi connectivity index (χ0) is 12.6. The van der Waals surface area contributed by atoms with Crippen molar-refractivity contribution in [3.63, 3.8) is 0 Å². The average Bonchev–Trinajstić information content (AvgIpc) is 2.41. The number of pyridine rings is 1. The van der Waals surface area contributed by atoms with Crippen LogP contribution in [0, 0.1) is 0 Å². The summed E-state index contributed by atoms with van der Waals surface area (Å²) in [7, 11) is 0. The van der Waals surface area contributed by atoms with Gasteiger partial charge in [-0.3, -0.25) is 0 Å². The maximum Gasteiger partial charge on any atom is 0.137 e. The number of hydrogen-bond donors (Lipinski definition) is 3. The van der Waals surface area contributed by atoms with Gasteiger partial charge in [-0.25, -0.2) is 15.0 Å². The standard InChI is InChI=1S/C12H15N5O/c18-7-3-6-14-11-8-12(16-9-15-11)17-10-4-1-2-5-13-10/h1-2,4-5,8-9,18H,3,6-7H2,(H2,13,14,15,16,17). The largest absolute Gasteiger partial charge is 0.396 e. The SMILES string of the molecule is OCCCNc1cc(Nc2ccccn2)ncn1. The van der Waals surface area contributed by atoms with Crippen LogP contribution in [0.15, 0.2) is 36.8 Å². The van der Waals surface area contributed by atoms with Crippen LogP contribution in [0.4, 0.5) is 17.5 Å². The second-order valence-corrected chi connectivity index (χ2v) is 3.63. The van der Waals surface area contributed by atoms with Crippen LogP contribution in [0.3, 0.4) is 0 Å². The number of aliphatic hydroxyl groups excluding tert-OH is 1. The van der Waals surface area contributed by atoms with E-state index in [2.05, 4.69) is 25.6 Å². The van der Waals surface area contributed by atoms with Gasteiger partial charge in [0.2, 0.25) is 0 Å². The molecular weight excluding hydrogens is 230 g/mol. The first-order chi connectivity index (χ1) is 8.88. The van der Waals surface area contributed by atoms with Crippen molar-refractivity contribution in [2.45, 2.75) is 6.42 Å². The van der Waals surface area contributed by atoms with Crippen molar-refractivity contribution in [3.8, 4) is 0 Å². The molecule has 6 heteroatoms. The highest BCUT2D eigenvalue weighted by Gasteiger charge is 1.99. The zero-order valence-electron chi connectivity index (χ0n) is 9.87. The molecule has 0 unspecified atom stereocenters. The Hall–Kier alpha value is -2.21.